The zero-order valence-corrected chi connectivity index (χ0v) is 11.5. The molecule has 1 aromatic carbocycles. The van der Waals surface area contributed by atoms with Crippen molar-refractivity contribution in [2.24, 2.45) is 0 Å². The molecule has 0 spiro atoms. The van der Waals surface area contributed by atoms with Gasteiger partial charge in [-0.1, -0.05) is 18.2 Å². The van der Waals surface area contributed by atoms with Crippen molar-refractivity contribution in [3.8, 4) is 0 Å². The van der Waals surface area contributed by atoms with E-state index in [9.17, 15) is 4.79 Å². The molecule has 0 aliphatic carbocycles. The van der Waals surface area contributed by atoms with E-state index in [1.54, 1.807) is 12.3 Å². The third-order valence-electron chi connectivity index (χ3n) is 2.93. The summed E-state index contributed by atoms with van der Waals surface area (Å²) in [5.74, 6) is 0.344. The zero-order chi connectivity index (χ0) is 14.4. The number of para-hydroxylation sites is 1. The number of nitrogen functional groups attached to an aromatic ring is 1. The molecule has 2 rings (SSSR count). The highest BCUT2D eigenvalue weighted by atomic mass is 16.2. The maximum atomic E-state index is 11.7. The molecule has 0 saturated carbocycles. The molecule has 6 nitrogen and oxygen atoms in total. The van der Waals surface area contributed by atoms with Gasteiger partial charge < -0.3 is 16.0 Å². The number of likely N-dealkylation sites (N-methyl/N-ethyl adjacent to an activating group) is 1. The number of benzene rings is 1. The molecule has 0 radical (unpaired) electrons. The van der Waals surface area contributed by atoms with Crippen LogP contribution in [0, 0.1) is 0 Å². The van der Waals surface area contributed by atoms with Crippen LogP contribution < -0.4 is 16.0 Å². The van der Waals surface area contributed by atoms with Gasteiger partial charge in [-0.05, 0) is 18.2 Å². The molecule has 3 N–H and O–H groups in total. The first-order chi connectivity index (χ1) is 9.65. The fourth-order valence-electron chi connectivity index (χ4n) is 1.84. The molecule has 0 aliphatic rings. The van der Waals surface area contributed by atoms with Gasteiger partial charge in [0.05, 0.1) is 0 Å². The van der Waals surface area contributed by atoms with Crippen LogP contribution in [-0.4, -0.2) is 35.8 Å². The van der Waals surface area contributed by atoms with E-state index < -0.39 is 0 Å². The fraction of sp³-hybridized carbons (Fsp3) is 0.286. The largest absolute Gasteiger partial charge is 0.382 e. The third-order valence-corrected chi connectivity index (χ3v) is 2.93. The Labute approximate surface area is 118 Å². The van der Waals surface area contributed by atoms with Crippen LogP contribution in [0.15, 0.2) is 42.6 Å². The number of carbonyl (C=O) groups excluding carboxylic acids is 1. The molecule has 6 heteroatoms. The third kappa shape index (κ3) is 4.01. The molecule has 1 amide bonds. The average Bonchev–Trinajstić information content (AvgIpc) is 2.85. The Balaban J connectivity index is 1.71. The van der Waals surface area contributed by atoms with Crippen LogP contribution >= 0.6 is 0 Å². The molecule has 0 saturated heterocycles. The highest BCUT2D eigenvalue weighted by molar-refractivity contribution is 5.75. The van der Waals surface area contributed by atoms with Crippen molar-refractivity contribution in [1.82, 2.24) is 15.1 Å². The number of anilines is 2. The van der Waals surface area contributed by atoms with E-state index in [4.69, 9.17) is 5.73 Å². The Kier molecular flexibility index (Phi) is 4.60. The molecule has 0 aliphatic heterocycles. The van der Waals surface area contributed by atoms with Crippen molar-refractivity contribution >= 4 is 17.4 Å². The summed E-state index contributed by atoms with van der Waals surface area (Å²) in [6, 6.07) is 11.7. The van der Waals surface area contributed by atoms with Gasteiger partial charge in [-0.2, -0.15) is 5.10 Å². The number of aromatic nitrogens is 2. The Bertz CT molecular complexity index is 552. The number of nitrogens with zero attached hydrogens (tertiary/aromatic N) is 3. The first kappa shape index (κ1) is 13.9. The number of hydrogen-bond donors (Lipinski definition) is 2. The highest BCUT2D eigenvalue weighted by Gasteiger charge is 2.04. The number of carbonyl (C=O) groups is 1. The SMILES string of the molecule is CN(CCNC(=O)Cn1ccc(N)n1)c1ccccc1. The standard InChI is InChI=1S/C14H19N5O/c1-18(12-5-3-2-4-6-12)10-8-16-14(20)11-19-9-7-13(15)17-19/h2-7,9H,8,10-11H2,1H3,(H2,15,17)(H,16,20). The Morgan fingerprint density at radius 1 is 1.35 bits per heavy atom. The topological polar surface area (TPSA) is 76.2 Å². The summed E-state index contributed by atoms with van der Waals surface area (Å²) >= 11 is 0. The summed E-state index contributed by atoms with van der Waals surface area (Å²) in [6.45, 7) is 1.52. The van der Waals surface area contributed by atoms with Gasteiger partial charge in [0.1, 0.15) is 12.4 Å². The molecular weight excluding hydrogens is 254 g/mol. The summed E-state index contributed by atoms with van der Waals surface area (Å²) < 4.78 is 1.52. The lowest BCUT2D eigenvalue weighted by atomic mass is 10.3. The summed E-state index contributed by atoms with van der Waals surface area (Å²) in [4.78, 5) is 13.8. The van der Waals surface area contributed by atoms with Crippen LogP contribution in [0.2, 0.25) is 0 Å². The van der Waals surface area contributed by atoms with Crippen molar-refractivity contribution < 1.29 is 4.79 Å². The van der Waals surface area contributed by atoms with Crippen LogP contribution in [0.1, 0.15) is 0 Å². The minimum atomic E-state index is -0.0745. The van der Waals surface area contributed by atoms with Gasteiger partial charge in [0.2, 0.25) is 5.91 Å². The maximum absolute atomic E-state index is 11.7. The van der Waals surface area contributed by atoms with E-state index in [0.717, 1.165) is 12.2 Å². The van der Waals surface area contributed by atoms with Gasteiger partial charge in [-0.3, -0.25) is 9.48 Å². The summed E-state index contributed by atoms with van der Waals surface area (Å²) in [6.07, 6.45) is 1.69. The lowest BCUT2D eigenvalue weighted by Gasteiger charge is -2.19. The minimum Gasteiger partial charge on any atom is -0.382 e. The molecule has 0 bridgehead atoms. The van der Waals surface area contributed by atoms with Crippen molar-refractivity contribution in [1.29, 1.82) is 0 Å². The van der Waals surface area contributed by atoms with Crippen LogP contribution in [0.4, 0.5) is 11.5 Å². The molecule has 0 fully saturated rings. The van der Waals surface area contributed by atoms with Gasteiger partial charge in [0.25, 0.3) is 0 Å². The quantitative estimate of drug-likeness (QED) is 0.813. The van der Waals surface area contributed by atoms with Crippen molar-refractivity contribution in [3.05, 3.63) is 42.6 Å². The second kappa shape index (κ2) is 6.60. The monoisotopic (exact) mass is 273 g/mol. The summed E-state index contributed by atoms with van der Waals surface area (Å²) in [5.41, 5.74) is 6.61. The average molecular weight is 273 g/mol. The van der Waals surface area contributed by atoms with Crippen molar-refractivity contribution in [2.45, 2.75) is 6.54 Å². The molecule has 0 unspecified atom stereocenters. The predicted octanol–water partition coefficient (Wildman–Crippen LogP) is 0.718. The lowest BCUT2D eigenvalue weighted by molar-refractivity contribution is -0.121. The molecule has 106 valence electrons. The van der Waals surface area contributed by atoms with E-state index >= 15 is 0 Å². The second-order valence-electron chi connectivity index (χ2n) is 4.55. The van der Waals surface area contributed by atoms with E-state index in [-0.39, 0.29) is 12.5 Å². The van der Waals surface area contributed by atoms with Gasteiger partial charge in [-0.15, -0.1) is 0 Å². The first-order valence-electron chi connectivity index (χ1n) is 6.47. The van der Waals surface area contributed by atoms with Crippen molar-refractivity contribution in [2.75, 3.05) is 30.8 Å². The molecule has 20 heavy (non-hydrogen) atoms. The summed E-state index contributed by atoms with van der Waals surface area (Å²) in [7, 11) is 2.00. The molecule has 1 aromatic heterocycles. The van der Waals surface area contributed by atoms with E-state index in [1.165, 1.54) is 4.68 Å². The van der Waals surface area contributed by atoms with Crippen molar-refractivity contribution in [3.63, 3.8) is 0 Å². The van der Waals surface area contributed by atoms with E-state index in [2.05, 4.69) is 15.3 Å². The van der Waals surface area contributed by atoms with Gasteiger partial charge in [0.15, 0.2) is 0 Å². The smallest absolute Gasteiger partial charge is 0.241 e. The highest BCUT2D eigenvalue weighted by Crippen LogP contribution is 2.09. The Morgan fingerprint density at radius 3 is 2.75 bits per heavy atom. The zero-order valence-electron chi connectivity index (χ0n) is 11.5. The van der Waals surface area contributed by atoms with Crippen LogP contribution in [0.25, 0.3) is 0 Å². The number of nitrogens with two attached hydrogens (primary N) is 1. The second-order valence-corrected chi connectivity index (χ2v) is 4.55. The van der Waals surface area contributed by atoms with Gasteiger partial charge >= 0.3 is 0 Å². The number of amides is 1. The first-order valence-corrected chi connectivity index (χ1v) is 6.47. The number of hydrogen-bond acceptors (Lipinski definition) is 4. The van der Waals surface area contributed by atoms with Gasteiger partial charge in [-0.25, -0.2) is 0 Å². The maximum Gasteiger partial charge on any atom is 0.241 e. The van der Waals surface area contributed by atoms with E-state index in [1.807, 2.05) is 37.4 Å². The normalized spacial score (nSPS) is 10.2. The Hall–Kier alpha value is -2.50. The fourth-order valence-corrected chi connectivity index (χ4v) is 1.84. The molecule has 2 aromatic rings. The lowest BCUT2D eigenvalue weighted by Crippen LogP contribution is -2.34. The molecule has 1 heterocycles. The van der Waals surface area contributed by atoms with Gasteiger partial charge in [0, 0.05) is 32.0 Å². The Morgan fingerprint density at radius 2 is 2.10 bits per heavy atom. The van der Waals surface area contributed by atoms with Crippen LogP contribution in [0.3, 0.4) is 0 Å². The van der Waals surface area contributed by atoms with Crippen LogP contribution in [-0.2, 0) is 11.3 Å². The van der Waals surface area contributed by atoms with Crippen LogP contribution in [0.5, 0.6) is 0 Å². The number of rotatable bonds is 6. The summed E-state index contributed by atoms with van der Waals surface area (Å²) in [5, 5.41) is 6.82. The molecule has 0 atom stereocenters. The molecular formula is C14H19N5O. The predicted molar refractivity (Wildman–Crippen MR) is 79.4 cm³/mol. The van der Waals surface area contributed by atoms with E-state index in [0.29, 0.717) is 12.4 Å². The minimum absolute atomic E-state index is 0.0745. The number of nitrogens with one attached hydrogen (secondary N) is 1.